The van der Waals surface area contributed by atoms with E-state index in [1.165, 1.54) is 24.0 Å². The molecule has 0 aromatic heterocycles. The molecule has 1 aliphatic rings. The lowest BCUT2D eigenvalue weighted by Crippen LogP contribution is -2.36. The molecule has 2 heteroatoms. The smallest absolute Gasteiger partial charge is 0.176 e. The zero-order chi connectivity index (χ0) is 16.0. The van der Waals surface area contributed by atoms with E-state index in [1.54, 1.807) is 0 Å². The van der Waals surface area contributed by atoms with Gasteiger partial charge >= 0.3 is 0 Å². The van der Waals surface area contributed by atoms with Crippen LogP contribution >= 0.6 is 0 Å². The highest BCUT2D eigenvalue weighted by Crippen LogP contribution is 2.33. The summed E-state index contributed by atoms with van der Waals surface area (Å²) in [5, 5.41) is 0. The molecule has 1 aliphatic heterocycles. The summed E-state index contributed by atoms with van der Waals surface area (Å²) >= 11 is 0. The van der Waals surface area contributed by atoms with E-state index in [1.807, 2.05) is 12.1 Å². The highest BCUT2D eigenvalue weighted by Gasteiger charge is 2.41. The van der Waals surface area contributed by atoms with Crippen LogP contribution < -0.4 is 0 Å². The van der Waals surface area contributed by atoms with Crippen molar-refractivity contribution in [3.63, 3.8) is 0 Å². The van der Waals surface area contributed by atoms with E-state index >= 15 is 0 Å². The number of benzene rings is 2. The Kier molecular flexibility index (Phi) is 5.47. The summed E-state index contributed by atoms with van der Waals surface area (Å²) in [6, 6.07) is 21.0. The van der Waals surface area contributed by atoms with E-state index < -0.39 is 5.79 Å². The molecule has 3 rings (SSSR count). The van der Waals surface area contributed by atoms with Crippen LogP contribution in [0.1, 0.15) is 37.3 Å². The minimum Gasteiger partial charge on any atom is -0.347 e. The zero-order valence-electron chi connectivity index (χ0n) is 13.9. The Balaban J connectivity index is 1.76. The second-order valence-corrected chi connectivity index (χ2v) is 6.43. The second kappa shape index (κ2) is 7.76. The molecule has 2 aromatic rings. The van der Waals surface area contributed by atoms with Crippen LogP contribution in [0.3, 0.4) is 0 Å². The first-order valence-electron chi connectivity index (χ1n) is 8.69. The van der Waals surface area contributed by atoms with Crippen LogP contribution in [0.5, 0.6) is 0 Å². The molecule has 1 fully saturated rings. The molecule has 0 spiro atoms. The van der Waals surface area contributed by atoms with Gasteiger partial charge in [0, 0.05) is 12.8 Å². The topological polar surface area (TPSA) is 18.5 Å². The van der Waals surface area contributed by atoms with Gasteiger partial charge in [0.05, 0.1) is 12.7 Å². The highest BCUT2D eigenvalue weighted by molar-refractivity contribution is 5.21. The number of unbranched alkanes of at least 4 members (excludes halogenated alkanes) is 1. The predicted octanol–water partition coefficient (Wildman–Crippen LogP) is 4.77. The van der Waals surface area contributed by atoms with Crippen molar-refractivity contribution >= 4 is 0 Å². The third-order valence-corrected chi connectivity index (χ3v) is 4.43. The van der Waals surface area contributed by atoms with Crippen molar-refractivity contribution in [1.82, 2.24) is 0 Å². The average Bonchev–Trinajstić information content (AvgIpc) is 2.97. The summed E-state index contributed by atoms with van der Waals surface area (Å²) in [6.07, 6.45) is 5.30. The fourth-order valence-electron chi connectivity index (χ4n) is 3.25. The first-order chi connectivity index (χ1) is 11.3. The van der Waals surface area contributed by atoms with Crippen molar-refractivity contribution < 1.29 is 9.47 Å². The highest BCUT2D eigenvalue weighted by atomic mass is 16.7. The lowest BCUT2D eigenvalue weighted by Gasteiger charge is -2.28. The average molecular weight is 310 g/mol. The Morgan fingerprint density at radius 3 is 2.00 bits per heavy atom. The van der Waals surface area contributed by atoms with Gasteiger partial charge in [-0.05, 0) is 17.5 Å². The lowest BCUT2D eigenvalue weighted by atomic mass is 9.97. The van der Waals surface area contributed by atoms with Crippen LogP contribution in [0.2, 0.25) is 0 Å². The Hall–Kier alpha value is -1.64. The van der Waals surface area contributed by atoms with Crippen molar-refractivity contribution in [3.8, 4) is 0 Å². The van der Waals surface area contributed by atoms with Crippen molar-refractivity contribution in [3.05, 3.63) is 71.8 Å². The van der Waals surface area contributed by atoms with E-state index in [0.717, 1.165) is 19.3 Å². The normalized spacial score (nSPS) is 19.8. The minimum atomic E-state index is -0.527. The Morgan fingerprint density at radius 2 is 1.48 bits per heavy atom. The van der Waals surface area contributed by atoms with Crippen molar-refractivity contribution in [1.29, 1.82) is 0 Å². The summed E-state index contributed by atoms with van der Waals surface area (Å²) in [4.78, 5) is 0. The van der Waals surface area contributed by atoms with Gasteiger partial charge < -0.3 is 9.47 Å². The molecule has 0 bridgehead atoms. The molecule has 1 saturated heterocycles. The molecule has 0 N–H and O–H groups in total. The molecule has 2 aromatic carbocycles. The first-order valence-corrected chi connectivity index (χ1v) is 8.69. The molecular formula is C21H26O2. The van der Waals surface area contributed by atoms with Gasteiger partial charge in [-0.25, -0.2) is 0 Å². The molecule has 1 atom stereocenters. The lowest BCUT2D eigenvalue weighted by molar-refractivity contribution is -0.166. The molecule has 0 saturated carbocycles. The van der Waals surface area contributed by atoms with Gasteiger partial charge in [-0.15, -0.1) is 0 Å². The van der Waals surface area contributed by atoms with Crippen LogP contribution in [0.15, 0.2) is 60.7 Å². The molecule has 0 radical (unpaired) electrons. The molecule has 2 nitrogen and oxygen atoms in total. The largest absolute Gasteiger partial charge is 0.347 e. The Bertz CT molecular complexity index is 538. The summed E-state index contributed by atoms with van der Waals surface area (Å²) in [5.41, 5.74) is 2.53. The van der Waals surface area contributed by atoms with E-state index in [9.17, 15) is 0 Å². The monoisotopic (exact) mass is 310 g/mol. The third-order valence-electron chi connectivity index (χ3n) is 4.43. The maximum Gasteiger partial charge on any atom is 0.176 e. The van der Waals surface area contributed by atoms with E-state index in [-0.39, 0.29) is 6.10 Å². The van der Waals surface area contributed by atoms with Crippen LogP contribution in [0.25, 0.3) is 0 Å². The summed E-state index contributed by atoms with van der Waals surface area (Å²) in [5.74, 6) is -0.527. The van der Waals surface area contributed by atoms with Crippen LogP contribution in [0.4, 0.5) is 0 Å². The van der Waals surface area contributed by atoms with Crippen LogP contribution in [-0.2, 0) is 22.3 Å². The van der Waals surface area contributed by atoms with Crippen molar-refractivity contribution in [2.75, 3.05) is 6.61 Å². The number of rotatable bonds is 7. The third kappa shape index (κ3) is 4.43. The Morgan fingerprint density at radius 1 is 0.913 bits per heavy atom. The molecule has 23 heavy (non-hydrogen) atoms. The van der Waals surface area contributed by atoms with Gasteiger partial charge in [-0.3, -0.25) is 0 Å². The van der Waals surface area contributed by atoms with Gasteiger partial charge in [0.15, 0.2) is 5.79 Å². The second-order valence-electron chi connectivity index (χ2n) is 6.43. The van der Waals surface area contributed by atoms with Gasteiger partial charge in [0.2, 0.25) is 0 Å². The predicted molar refractivity (Wildman–Crippen MR) is 93.4 cm³/mol. The minimum absolute atomic E-state index is 0.224. The van der Waals surface area contributed by atoms with E-state index in [2.05, 4.69) is 55.5 Å². The van der Waals surface area contributed by atoms with E-state index in [4.69, 9.17) is 9.47 Å². The van der Waals surface area contributed by atoms with Gasteiger partial charge in [0.25, 0.3) is 0 Å². The van der Waals surface area contributed by atoms with Crippen LogP contribution in [-0.4, -0.2) is 18.5 Å². The summed E-state index contributed by atoms with van der Waals surface area (Å²) in [6.45, 7) is 2.93. The number of hydrogen-bond donors (Lipinski definition) is 0. The first kappa shape index (κ1) is 16.2. The van der Waals surface area contributed by atoms with Gasteiger partial charge in [-0.1, -0.05) is 80.4 Å². The number of hydrogen-bond acceptors (Lipinski definition) is 2. The molecule has 122 valence electrons. The zero-order valence-corrected chi connectivity index (χ0v) is 13.9. The molecule has 1 unspecified atom stereocenters. The standard InChI is InChI=1S/C21H26O2/c1-2-3-14-20-17-22-21(23-20,15-18-10-6-4-7-11-18)16-19-12-8-5-9-13-19/h4-13,20H,2-3,14-17H2,1H3. The molecule has 0 amide bonds. The number of ether oxygens (including phenoxy) is 2. The molecule has 1 heterocycles. The van der Waals surface area contributed by atoms with Gasteiger partial charge in [0.1, 0.15) is 0 Å². The summed E-state index contributed by atoms with van der Waals surface area (Å²) < 4.78 is 12.7. The van der Waals surface area contributed by atoms with Crippen molar-refractivity contribution in [2.45, 2.75) is 50.9 Å². The Labute approximate surface area is 139 Å². The maximum absolute atomic E-state index is 6.44. The fourth-order valence-corrected chi connectivity index (χ4v) is 3.25. The molecular weight excluding hydrogens is 284 g/mol. The van der Waals surface area contributed by atoms with Crippen molar-refractivity contribution in [2.24, 2.45) is 0 Å². The summed E-state index contributed by atoms with van der Waals surface area (Å²) in [7, 11) is 0. The van der Waals surface area contributed by atoms with Gasteiger partial charge in [-0.2, -0.15) is 0 Å². The van der Waals surface area contributed by atoms with Crippen LogP contribution in [0, 0.1) is 0 Å². The maximum atomic E-state index is 6.44. The molecule has 0 aliphatic carbocycles. The fraction of sp³-hybridized carbons (Fsp3) is 0.429. The SMILES string of the molecule is CCCCC1COC(Cc2ccccc2)(Cc2ccccc2)O1. The quantitative estimate of drug-likeness (QED) is 0.733. The van der Waals surface area contributed by atoms with E-state index in [0.29, 0.717) is 6.61 Å².